The van der Waals surface area contributed by atoms with Crippen LogP contribution in [-0.2, 0) is 20.9 Å². The highest BCUT2D eigenvalue weighted by Crippen LogP contribution is 2.16. The first-order valence-electron chi connectivity index (χ1n) is 9.36. The van der Waals surface area contributed by atoms with Crippen molar-refractivity contribution in [1.82, 2.24) is 10.2 Å². The zero-order valence-corrected chi connectivity index (χ0v) is 16.6. The number of ether oxygens (including phenoxy) is 1. The van der Waals surface area contributed by atoms with Gasteiger partial charge < -0.3 is 10.5 Å². The van der Waals surface area contributed by atoms with Crippen molar-refractivity contribution in [3.8, 4) is 11.8 Å². The number of amides is 2. The second-order valence-corrected chi connectivity index (χ2v) is 6.33. The number of benzene rings is 1. The average Bonchev–Trinajstić information content (AvgIpc) is 2.69. The number of hydrogen-bond donors (Lipinski definition) is 2. The normalized spacial score (nSPS) is 11.4. The van der Waals surface area contributed by atoms with Gasteiger partial charge in [-0.1, -0.05) is 31.3 Å². The van der Waals surface area contributed by atoms with Crippen LogP contribution in [0.3, 0.4) is 0 Å². The first-order valence-corrected chi connectivity index (χ1v) is 9.36. The van der Waals surface area contributed by atoms with Crippen LogP contribution >= 0.6 is 0 Å². The third-order valence-electron chi connectivity index (χ3n) is 4.15. The van der Waals surface area contributed by atoms with E-state index in [1.54, 1.807) is 19.2 Å². The molecule has 152 valence electrons. The van der Waals surface area contributed by atoms with E-state index >= 15 is 0 Å². The van der Waals surface area contributed by atoms with Crippen molar-refractivity contribution in [2.45, 2.75) is 38.8 Å². The molecular formula is C21H29N3O4. The van der Waals surface area contributed by atoms with Crippen LogP contribution in [0.4, 0.5) is 0 Å². The maximum absolute atomic E-state index is 12.1. The summed E-state index contributed by atoms with van der Waals surface area (Å²) in [5.41, 5.74) is 7.48. The summed E-state index contributed by atoms with van der Waals surface area (Å²) in [5, 5.41) is 2.21. The molecular weight excluding hydrogens is 358 g/mol. The van der Waals surface area contributed by atoms with E-state index < -0.39 is 6.04 Å². The fourth-order valence-electron chi connectivity index (χ4n) is 2.77. The van der Waals surface area contributed by atoms with Crippen molar-refractivity contribution in [3.63, 3.8) is 0 Å². The van der Waals surface area contributed by atoms with E-state index in [9.17, 15) is 14.4 Å². The molecule has 1 aromatic carbocycles. The molecule has 1 atom stereocenters. The average molecular weight is 387 g/mol. The van der Waals surface area contributed by atoms with Crippen LogP contribution in [0, 0.1) is 11.8 Å². The van der Waals surface area contributed by atoms with E-state index in [0.717, 1.165) is 23.8 Å². The van der Waals surface area contributed by atoms with Gasteiger partial charge in [0.1, 0.15) is 6.29 Å². The molecule has 0 aliphatic heterocycles. The lowest BCUT2D eigenvalue weighted by Crippen LogP contribution is -2.44. The third kappa shape index (κ3) is 8.01. The van der Waals surface area contributed by atoms with Gasteiger partial charge in [-0.3, -0.25) is 24.6 Å². The van der Waals surface area contributed by atoms with E-state index in [-0.39, 0.29) is 5.91 Å². The fourth-order valence-corrected chi connectivity index (χ4v) is 2.77. The van der Waals surface area contributed by atoms with Gasteiger partial charge in [0.15, 0.2) is 0 Å². The summed E-state index contributed by atoms with van der Waals surface area (Å²) in [7, 11) is 1.80. The molecule has 3 N–H and O–H groups in total. The molecule has 0 aromatic heterocycles. The number of nitrogens with one attached hydrogen (secondary N) is 1. The maximum Gasteiger partial charge on any atom is 0.243 e. The topological polar surface area (TPSA) is 102 Å². The van der Waals surface area contributed by atoms with Crippen LogP contribution in [0.2, 0.25) is 0 Å². The fraction of sp³-hybridized carbons (Fsp3) is 0.476. The molecule has 0 aliphatic carbocycles. The Morgan fingerprint density at radius 3 is 2.79 bits per heavy atom. The molecule has 7 heteroatoms. The van der Waals surface area contributed by atoms with E-state index in [2.05, 4.69) is 17.2 Å². The van der Waals surface area contributed by atoms with Crippen molar-refractivity contribution in [1.29, 1.82) is 0 Å². The highest BCUT2D eigenvalue weighted by molar-refractivity contribution is 5.89. The van der Waals surface area contributed by atoms with Crippen molar-refractivity contribution < 1.29 is 19.1 Å². The number of aldehydes is 1. The third-order valence-corrected chi connectivity index (χ3v) is 4.15. The molecule has 0 spiro atoms. The number of imide groups is 1. The lowest BCUT2D eigenvalue weighted by atomic mass is 10.0. The Labute approximate surface area is 166 Å². The molecule has 0 bridgehead atoms. The highest BCUT2D eigenvalue weighted by Gasteiger charge is 2.22. The number of carbonyl (C=O) groups excluding carboxylic acids is 3. The van der Waals surface area contributed by atoms with Crippen molar-refractivity contribution in [2.75, 3.05) is 26.8 Å². The monoisotopic (exact) mass is 387 g/mol. The van der Waals surface area contributed by atoms with Gasteiger partial charge in [0, 0.05) is 30.6 Å². The first kappa shape index (κ1) is 23.5. The van der Waals surface area contributed by atoms with Crippen LogP contribution in [0.5, 0.6) is 0 Å². The minimum Gasteiger partial charge on any atom is -0.379 e. The molecule has 0 saturated heterocycles. The van der Waals surface area contributed by atoms with E-state index in [0.29, 0.717) is 51.1 Å². The summed E-state index contributed by atoms with van der Waals surface area (Å²) in [4.78, 5) is 36.0. The van der Waals surface area contributed by atoms with Gasteiger partial charge in [-0.25, -0.2) is 0 Å². The minimum absolute atomic E-state index is 0.347. The Bertz CT molecular complexity index is 709. The Kier molecular flexibility index (Phi) is 11.4. The Morgan fingerprint density at radius 2 is 2.14 bits per heavy atom. The van der Waals surface area contributed by atoms with Crippen molar-refractivity contribution in [2.24, 2.45) is 5.73 Å². The molecule has 2 amide bonds. The van der Waals surface area contributed by atoms with Gasteiger partial charge in [-0.05, 0) is 31.2 Å². The zero-order chi connectivity index (χ0) is 20.8. The molecule has 0 saturated carbocycles. The summed E-state index contributed by atoms with van der Waals surface area (Å²) in [6.07, 6.45) is 3.17. The predicted octanol–water partition coefficient (Wildman–Crippen LogP) is 1.09. The summed E-state index contributed by atoms with van der Waals surface area (Å²) in [5.74, 6) is 5.75. The van der Waals surface area contributed by atoms with Crippen LogP contribution in [0.15, 0.2) is 18.2 Å². The van der Waals surface area contributed by atoms with Crippen LogP contribution in [-0.4, -0.2) is 56.4 Å². The molecule has 0 aliphatic rings. The van der Waals surface area contributed by atoms with Crippen molar-refractivity contribution in [3.05, 3.63) is 34.9 Å². The Balaban J connectivity index is 2.89. The molecule has 0 heterocycles. The number of hydrogen-bond acceptors (Lipinski definition) is 6. The Hall–Kier alpha value is -2.53. The van der Waals surface area contributed by atoms with Gasteiger partial charge in [0.05, 0.1) is 19.3 Å². The van der Waals surface area contributed by atoms with Gasteiger partial charge in [0.2, 0.25) is 12.3 Å². The van der Waals surface area contributed by atoms with E-state index in [1.165, 1.54) is 0 Å². The van der Waals surface area contributed by atoms with E-state index in [1.807, 2.05) is 17.9 Å². The summed E-state index contributed by atoms with van der Waals surface area (Å²) in [6.45, 7) is 3.89. The maximum atomic E-state index is 12.1. The number of nitrogens with zero attached hydrogens (tertiary/aromatic N) is 1. The van der Waals surface area contributed by atoms with Crippen LogP contribution < -0.4 is 11.1 Å². The number of carbonyl (C=O) groups is 3. The van der Waals surface area contributed by atoms with Crippen molar-refractivity contribution >= 4 is 18.6 Å². The minimum atomic E-state index is -0.455. The molecule has 0 fully saturated rings. The molecule has 1 aromatic rings. The zero-order valence-electron chi connectivity index (χ0n) is 16.6. The largest absolute Gasteiger partial charge is 0.379 e. The number of likely N-dealkylation sites (N-methyl/N-ethyl adjacent to an activating group) is 1. The highest BCUT2D eigenvalue weighted by atomic mass is 16.5. The first-order chi connectivity index (χ1) is 13.6. The van der Waals surface area contributed by atoms with Gasteiger partial charge in [-0.2, -0.15) is 0 Å². The second kappa shape index (κ2) is 13.6. The van der Waals surface area contributed by atoms with Crippen LogP contribution in [0.1, 0.15) is 47.7 Å². The predicted molar refractivity (Wildman–Crippen MR) is 108 cm³/mol. The summed E-state index contributed by atoms with van der Waals surface area (Å²) >= 11 is 0. The summed E-state index contributed by atoms with van der Waals surface area (Å²) < 4.78 is 5.28. The standard InChI is InChI=1S/C21H29N3O4/c1-3-6-20(21(27)23-16-26)24(2)14-19-13-17(8-9-18(19)15-25)7-4-5-11-28-12-10-22/h8-9,13,15-16,20H,3,5-6,10-12,14,22H2,1-2H3,(H,23,26,27). The molecule has 1 rings (SSSR count). The second-order valence-electron chi connectivity index (χ2n) is 6.33. The van der Waals surface area contributed by atoms with E-state index in [4.69, 9.17) is 10.5 Å². The quantitative estimate of drug-likeness (QED) is 0.316. The lowest BCUT2D eigenvalue weighted by Gasteiger charge is -2.26. The van der Waals surface area contributed by atoms with Gasteiger partial charge >= 0.3 is 0 Å². The Morgan fingerprint density at radius 1 is 1.36 bits per heavy atom. The summed E-state index contributed by atoms with van der Waals surface area (Å²) in [6, 6.07) is 4.92. The number of nitrogens with two attached hydrogens (primary N) is 1. The smallest absolute Gasteiger partial charge is 0.243 e. The number of rotatable bonds is 12. The lowest BCUT2D eigenvalue weighted by molar-refractivity contribution is -0.129. The molecule has 28 heavy (non-hydrogen) atoms. The van der Waals surface area contributed by atoms with Gasteiger partial charge in [-0.15, -0.1) is 0 Å². The molecule has 1 unspecified atom stereocenters. The van der Waals surface area contributed by atoms with Gasteiger partial charge in [0.25, 0.3) is 0 Å². The van der Waals surface area contributed by atoms with Crippen LogP contribution in [0.25, 0.3) is 0 Å². The molecule has 7 nitrogen and oxygen atoms in total. The SMILES string of the molecule is CCCC(C(=O)NC=O)N(C)Cc1cc(C#CCCOCCN)ccc1C=O. The molecule has 0 radical (unpaired) electrons.